The van der Waals surface area contributed by atoms with E-state index in [9.17, 15) is 9.59 Å². The molecule has 0 spiro atoms. The highest BCUT2D eigenvalue weighted by atomic mass is 16.2. The lowest BCUT2D eigenvalue weighted by atomic mass is 9.86. The van der Waals surface area contributed by atoms with Gasteiger partial charge in [-0.25, -0.2) is 0 Å². The molecular formula is C15H30N4O2. The van der Waals surface area contributed by atoms with Gasteiger partial charge in [0.2, 0.25) is 11.8 Å². The summed E-state index contributed by atoms with van der Waals surface area (Å²) in [4.78, 5) is 29.8. The van der Waals surface area contributed by atoms with Crippen LogP contribution >= 0.6 is 0 Å². The first-order chi connectivity index (χ1) is 9.62. The summed E-state index contributed by atoms with van der Waals surface area (Å²) in [6.07, 6.45) is 0.878. The van der Waals surface area contributed by atoms with Gasteiger partial charge in [-0.2, -0.15) is 0 Å². The Morgan fingerprint density at radius 2 is 1.76 bits per heavy atom. The fourth-order valence-electron chi connectivity index (χ4n) is 2.25. The van der Waals surface area contributed by atoms with Crippen LogP contribution in [0.3, 0.4) is 0 Å². The third-order valence-electron chi connectivity index (χ3n) is 3.96. The highest BCUT2D eigenvalue weighted by molar-refractivity contribution is 5.82. The van der Waals surface area contributed by atoms with Crippen LogP contribution in [0, 0.1) is 5.41 Å². The molecular weight excluding hydrogens is 268 g/mol. The summed E-state index contributed by atoms with van der Waals surface area (Å²) < 4.78 is 0. The minimum absolute atomic E-state index is 0.0169. The predicted molar refractivity (Wildman–Crippen MR) is 83.8 cm³/mol. The Balaban J connectivity index is 2.56. The molecule has 6 nitrogen and oxygen atoms in total. The van der Waals surface area contributed by atoms with Crippen LogP contribution in [0.25, 0.3) is 0 Å². The number of amides is 2. The Bertz CT molecular complexity index is 376. The topological polar surface area (TPSA) is 69.9 Å². The maximum Gasteiger partial charge on any atom is 0.240 e. The quantitative estimate of drug-likeness (QED) is 0.795. The van der Waals surface area contributed by atoms with Crippen molar-refractivity contribution in [1.29, 1.82) is 0 Å². The summed E-state index contributed by atoms with van der Waals surface area (Å²) in [5.41, 5.74) is 5.83. The zero-order valence-corrected chi connectivity index (χ0v) is 14.1. The fourth-order valence-corrected chi connectivity index (χ4v) is 2.25. The molecule has 0 saturated carbocycles. The zero-order valence-electron chi connectivity index (χ0n) is 14.1. The van der Waals surface area contributed by atoms with Crippen LogP contribution in [0.4, 0.5) is 0 Å². The van der Waals surface area contributed by atoms with Gasteiger partial charge in [0.25, 0.3) is 0 Å². The van der Waals surface area contributed by atoms with E-state index < -0.39 is 6.04 Å². The summed E-state index contributed by atoms with van der Waals surface area (Å²) in [6.45, 7) is 9.29. The third kappa shape index (κ3) is 5.28. The summed E-state index contributed by atoms with van der Waals surface area (Å²) in [6, 6.07) is -0.479. The monoisotopic (exact) mass is 298 g/mol. The van der Waals surface area contributed by atoms with Crippen LogP contribution in [0.15, 0.2) is 0 Å². The van der Waals surface area contributed by atoms with Crippen LogP contribution in [0.2, 0.25) is 0 Å². The van der Waals surface area contributed by atoms with E-state index in [1.54, 1.807) is 19.0 Å². The molecule has 0 aromatic heterocycles. The summed E-state index contributed by atoms with van der Waals surface area (Å²) in [5.74, 6) is 0.115. The molecule has 21 heavy (non-hydrogen) atoms. The first-order valence-corrected chi connectivity index (χ1v) is 7.60. The highest BCUT2D eigenvalue weighted by Crippen LogP contribution is 2.19. The molecule has 1 heterocycles. The van der Waals surface area contributed by atoms with E-state index in [1.807, 2.05) is 25.7 Å². The molecule has 0 bridgehead atoms. The normalized spacial score (nSPS) is 19.0. The minimum atomic E-state index is -0.479. The van der Waals surface area contributed by atoms with Crippen LogP contribution in [-0.4, -0.2) is 79.4 Å². The van der Waals surface area contributed by atoms with Crippen molar-refractivity contribution >= 4 is 11.8 Å². The van der Waals surface area contributed by atoms with Crippen molar-refractivity contribution < 1.29 is 9.59 Å². The molecule has 1 aliphatic rings. The van der Waals surface area contributed by atoms with E-state index in [1.165, 1.54) is 0 Å². The summed E-state index contributed by atoms with van der Waals surface area (Å²) >= 11 is 0. The minimum Gasteiger partial charge on any atom is -0.348 e. The van der Waals surface area contributed by atoms with E-state index in [2.05, 4.69) is 4.90 Å². The lowest BCUT2D eigenvalue weighted by molar-refractivity contribution is -0.134. The lowest BCUT2D eigenvalue weighted by Gasteiger charge is -2.31. The van der Waals surface area contributed by atoms with Gasteiger partial charge < -0.3 is 15.5 Å². The molecule has 0 aromatic rings. The molecule has 1 rings (SSSR count). The Kier molecular flexibility index (Phi) is 6.16. The van der Waals surface area contributed by atoms with Crippen molar-refractivity contribution in [3.8, 4) is 0 Å². The van der Waals surface area contributed by atoms with Gasteiger partial charge >= 0.3 is 0 Å². The van der Waals surface area contributed by atoms with Crippen molar-refractivity contribution in [2.24, 2.45) is 11.1 Å². The number of carbonyl (C=O) groups excluding carboxylic acids is 2. The van der Waals surface area contributed by atoms with Crippen LogP contribution in [0.1, 0.15) is 27.2 Å². The molecule has 0 radical (unpaired) electrons. The molecule has 2 amide bonds. The van der Waals surface area contributed by atoms with Crippen molar-refractivity contribution in [1.82, 2.24) is 14.7 Å². The number of carbonyl (C=O) groups is 2. The smallest absolute Gasteiger partial charge is 0.240 e. The van der Waals surface area contributed by atoms with E-state index in [-0.39, 0.29) is 17.2 Å². The molecule has 1 saturated heterocycles. The van der Waals surface area contributed by atoms with Crippen molar-refractivity contribution in [2.45, 2.75) is 33.2 Å². The van der Waals surface area contributed by atoms with Gasteiger partial charge in [-0.3, -0.25) is 14.5 Å². The van der Waals surface area contributed by atoms with Crippen molar-refractivity contribution in [3.05, 3.63) is 0 Å². The van der Waals surface area contributed by atoms with Crippen LogP contribution in [0.5, 0.6) is 0 Å². The molecule has 1 aliphatic heterocycles. The number of rotatable bonds is 3. The molecule has 0 aromatic carbocycles. The Hall–Kier alpha value is -1.14. The zero-order chi connectivity index (χ0) is 16.2. The van der Waals surface area contributed by atoms with Gasteiger partial charge in [0.05, 0.1) is 12.6 Å². The second-order valence-electron chi connectivity index (χ2n) is 7.09. The number of hydrogen-bond acceptors (Lipinski definition) is 4. The van der Waals surface area contributed by atoms with Crippen LogP contribution in [-0.2, 0) is 9.59 Å². The molecule has 0 unspecified atom stereocenters. The number of hydrogen-bond donors (Lipinski definition) is 1. The van der Waals surface area contributed by atoms with Gasteiger partial charge in [-0.1, -0.05) is 20.8 Å². The number of likely N-dealkylation sites (N-methyl/N-ethyl adjacent to an activating group) is 1. The average Bonchev–Trinajstić information content (AvgIpc) is 2.61. The van der Waals surface area contributed by atoms with Gasteiger partial charge in [0.15, 0.2) is 0 Å². The van der Waals surface area contributed by atoms with Crippen molar-refractivity contribution in [3.63, 3.8) is 0 Å². The standard InChI is InChI=1S/C15H30N4O2/c1-15(2,3)13(16)14(21)19-8-6-7-18(9-10-19)11-12(20)17(4)5/h13H,6-11,16H2,1-5H3/t13-/m0/s1. The largest absolute Gasteiger partial charge is 0.348 e. The highest BCUT2D eigenvalue weighted by Gasteiger charge is 2.31. The second kappa shape index (κ2) is 7.22. The SMILES string of the molecule is CN(C)C(=O)CN1CCCN(C(=O)[C@H](N)C(C)(C)C)CC1. The van der Waals surface area contributed by atoms with E-state index in [0.717, 1.165) is 26.1 Å². The maximum atomic E-state index is 12.4. The van der Waals surface area contributed by atoms with Gasteiger partial charge in [0, 0.05) is 40.3 Å². The summed E-state index contributed by atoms with van der Waals surface area (Å²) in [5, 5.41) is 0. The Labute approximate surface area is 128 Å². The molecule has 1 atom stereocenters. The van der Waals surface area contributed by atoms with Gasteiger partial charge in [0.1, 0.15) is 0 Å². The van der Waals surface area contributed by atoms with E-state index >= 15 is 0 Å². The van der Waals surface area contributed by atoms with Crippen molar-refractivity contribution in [2.75, 3.05) is 46.8 Å². The molecule has 6 heteroatoms. The Morgan fingerprint density at radius 1 is 1.14 bits per heavy atom. The fraction of sp³-hybridized carbons (Fsp3) is 0.867. The average molecular weight is 298 g/mol. The predicted octanol–water partition coefficient (Wildman–Crippen LogP) is -0.0177. The van der Waals surface area contributed by atoms with E-state index in [4.69, 9.17) is 5.73 Å². The second-order valence-corrected chi connectivity index (χ2v) is 7.09. The Morgan fingerprint density at radius 3 is 2.29 bits per heavy atom. The maximum absolute atomic E-state index is 12.4. The molecule has 1 fully saturated rings. The van der Waals surface area contributed by atoms with Gasteiger partial charge in [-0.05, 0) is 11.8 Å². The summed E-state index contributed by atoms with van der Waals surface area (Å²) in [7, 11) is 3.52. The van der Waals surface area contributed by atoms with Gasteiger partial charge in [-0.15, -0.1) is 0 Å². The molecule has 2 N–H and O–H groups in total. The first-order valence-electron chi connectivity index (χ1n) is 7.60. The lowest BCUT2D eigenvalue weighted by Crippen LogP contribution is -2.51. The van der Waals surface area contributed by atoms with E-state index in [0.29, 0.717) is 13.1 Å². The van der Waals surface area contributed by atoms with Crippen LogP contribution < -0.4 is 5.73 Å². The first kappa shape index (κ1) is 17.9. The number of nitrogens with two attached hydrogens (primary N) is 1. The third-order valence-corrected chi connectivity index (χ3v) is 3.96. The molecule has 122 valence electrons. The molecule has 0 aliphatic carbocycles. The number of nitrogens with zero attached hydrogens (tertiary/aromatic N) is 3.